The van der Waals surface area contributed by atoms with Crippen LogP contribution >= 0.6 is 15.9 Å². The van der Waals surface area contributed by atoms with Crippen LogP contribution in [0.1, 0.15) is 18.1 Å². The number of amides is 1. The Bertz CT molecular complexity index is 732. The van der Waals surface area contributed by atoms with Gasteiger partial charge in [0.2, 0.25) is 5.91 Å². The van der Waals surface area contributed by atoms with Crippen molar-refractivity contribution in [3.05, 3.63) is 70.2 Å². The highest BCUT2D eigenvalue weighted by atomic mass is 79.9. The Morgan fingerprint density at radius 2 is 1.86 bits per heavy atom. The zero-order valence-electron chi connectivity index (χ0n) is 12.1. The zero-order valence-corrected chi connectivity index (χ0v) is 13.7. The lowest BCUT2D eigenvalue weighted by Crippen LogP contribution is -2.41. The van der Waals surface area contributed by atoms with Crippen molar-refractivity contribution in [2.75, 3.05) is 6.54 Å². The van der Waals surface area contributed by atoms with Crippen LogP contribution in [-0.4, -0.2) is 23.3 Å². The van der Waals surface area contributed by atoms with Gasteiger partial charge in [-0.3, -0.25) is 15.1 Å². The average molecular weight is 358 g/mol. The molecule has 0 spiro atoms. The molecule has 2 aromatic carbocycles. The highest BCUT2D eigenvalue weighted by Gasteiger charge is 2.44. The number of carbonyl (C=O) groups excluding carboxylic acids is 1. The van der Waals surface area contributed by atoms with Gasteiger partial charge in [-0.2, -0.15) is 0 Å². The summed E-state index contributed by atoms with van der Waals surface area (Å²) in [5.74, 6) is 0.00151. The van der Waals surface area contributed by atoms with Crippen LogP contribution in [0.5, 0.6) is 0 Å². The Morgan fingerprint density at radius 3 is 2.45 bits per heavy atom. The van der Waals surface area contributed by atoms with Crippen molar-refractivity contribution in [2.45, 2.75) is 12.5 Å². The third kappa shape index (κ3) is 2.41. The van der Waals surface area contributed by atoms with Crippen molar-refractivity contribution < 1.29 is 4.79 Å². The second kappa shape index (κ2) is 5.57. The van der Waals surface area contributed by atoms with E-state index in [1.165, 1.54) is 11.8 Å². The van der Waals surface area contributed by atoms with Crippen LogP contribution in [0.2, 0.25) is 0 Å². The summed E-state index contributed by atoms with van der Waals surface area (Å²) >= 11 is 3.50. The van der Waals surface area contributed by atoms with Gasteiger partial charge in [-0.15, -0.1) is 0 Å². The fourth-order valence-electron chi connectivity index (χ4n) is 2.86. The number of nitrogens with one attached hydrogen (secondary N) is 2. The Morgan fingerprint density at radius 1 is 1.18 bits per heavy atom. The lowest BCUT2D eigenvalue weighted by molar-refractivity contribution is -0.125. The highest BCUT2D eigenvalue weighted by Crippen LogP contribution is 2.35. The second-order valence-electron chi connectivity index (χ2n) is 5.36. The van der Waals surface area contributed by atoms with Crippen LogP contribution < -0.4 is 5.32 Å². The molecule has 2 N–H and O–H groups in total. The molecular formula is C17H16BrN3O. The van der Waals surface area contributed by atoms with E-state index in [-0.39, 0.29) is 11.9 Å². The van der Waals surface area contributed by atoms with Gasteiger partial charge in [-0.1, -0.05) is 58.4 Å². The molecule has 1 fully saturated rings. The average Bonchev–Trinajstić information content (AvgIpc) is 2.87. The van der Waals surface area contributed by atoms with E-state index in [9.17, 15) is 4.79 Å². The molecular weight excluding hydrogens is 342 g/mol. The summed E-state index contributed by atoms with van der Waals surface area (Å²) in [6.45, 7) is 1.89. The molecule has 2 aromatic rings. The molecule has 0 bridgehead atoms. The molecule has 1 heterocycles. The lowest BCUT2D eigenvalue weighted by atomic mass is 9.83. The minimum atomic E-state index is -0.603. The van der Waals surface area contributed by atoms with Crippen LogP contribution in [-0.2, 0) is 10.3 Å². The maximum atomic E-state index is 11.8. The van der Waals surface area contributed by atoms with Gasteiger partial charge >= 0.3 is 0 Å². The van der Waals surface area contributed by atoms with Gasteiger partial charge in [0.05, 0.1) is 6.54 Å². The standard InChI is InChI=1S/C17H16BrN3O/c1-12(22)21-11-17(20-16(21)19,13-6-3-2-4-7-13)14-8-5-9-15(18)10-14/h2-10H,11H2,1H3,(H2,19,20). The summed E-state index contributed by atoms with van der Waals surface area (Å²) in [7, 11) is 0. The van der Waals surface area contributed by atoms with Gasteiger partial charge in [0, 0.05) is 11.4 Å². The molecule has 1 aliphatic heterocycles. The maximum Gasteiger partial charge on any atom is 0.226 e. The molecule has 4 nitrogen and oxygen atoms in total. The van der Waals surface area contributed by atoms with Crippen LogP contribution in [0.25, 0.3) is 0 Å². The molecule has 1 unspecified atom stereocenters. The lowest BCUT2D eigenvalue weighted by Gasteiger charge is -2.30. The van der Waals surface area contributed by atoms with Crippen molar-refractivity contribution >= 4 is 27.8 Å². The maximum absolute atomic E-state index is 11.8. The van der Waals surface area contributed by atoms with Gasteiger partial charge in [0.25, 0.3) is 0 Å². The Labute approximate surface area is 137 Å². The first-order valence-corrected chi connectivity index (χ1v) is 7.79. The molecule has 0 aliphatic carbocycles. The van der Waals surface area contributed by atoms with E-state index >= 15 is 0 Å². The molecule has 0 radical (unpaired) electrons. The SMILES string of the molecule is CC(=O)N1CC(c2ccccc2)(c2cccc(Br)c2)NC1=N. The normalized spacial score (nSPS) is 20.8. The molecule has 1 atom stereocenters. The topological polar surface area (TPSA) is 56.2 Å². The van der Waals surface area contributed by atoms with Gasteiger partial charge in [-0.05, 0) is 23.3 Å². The summed E-state index contributed by atoms with van der Waals surface area (Å²) in [5.41, 5.74) is 1.44. The number of carbonyl (C=O) groups is 1. The third-order valence-corrected chi connectivity index (χ3v) is 4.45. The van der Waals surface area contributed by atoms with Crippen LogP contribution in [0.3, 0.4) is 0 Å². The van der Waals surface area contributed by atoms with E-state index in [4.69, 9.17) is 5.41 Å². The zero-order chi connectivity index (χ0) is 15.7. The van der Waals surface area contributed by atoms with Gasteiger partial charge in [0.15, 0.2) is 5.96 Å². The number of halogens is 1. The molecule has 3 rings (SSSR count). The Kier molecular flexibility index (Phi) is 3.74. The Hall–Kier alpha value is -2.14. The van der Waals surface area contributed by atoms with Gasteiger partial charge in [0.1, 0.15) is 5.54 Å². The van der Waals surface area contributed by atoms with E-state index in [0.29, 0.717) is 6.54 Å². The minimum absolute atomic E-state index is 0.134. The van der Waals surface area contributed by atoms with Crippen molar-refractivity contribution in [1.82, 2.24) is 10.2 Å². The van der Waals surface area contributed by atoms with Crippen LogP contribution in [0.15, 0.2) is 59.1 Å². The van der Waals surface area contributed by atoms with E-state index in [0.717, 1.165) is 15.6 Å². The first-order chi connectivity index (χ1) is 10.5. The number of rotatable bonds is 2. The second-order valence-corrected chi connectivity index (χ2v) is 6.28. The summed E-state index contributed by atoms with van der Waals surface area (Å²) in [6.07, 6.45) is 0. The third-order valence-electron chi connectivity index (χ3n) is 3.96. The van der Waals surface area contributed by atoms with E-state index in [1.54, 1.807) is 0 Å². The first kappa shape index (κ1) is 14.8. The first-order valence-electron chi connectivity index (χ1n) is 6.99. The number of guanidine groups is 1. The van der Waals surface area contributed by atoms with Crippen LogP contribution in [0, 0.1) is 5.41 Å². The molecule has 5 heteroatoms. The molecule has 112 valence electrons. The summed E-state index contributed by atoms with van der Waals surface area (Å²) in [5, 5.41) is 11.4. The predicted molar refractivity (Wildman–Crippen MR) is 89.6 cm³/mol. The number of benzene rings is 2. The van der Waals surface area contributed by atoms with Crippen molar-refractivity contribution in [3.63, 3.8) is 0 Å². The summed E-state index contributed by atoms with van der Waals surface area (Å²) < 4.78 is 0.968. The van der Waals surface area contributed by atoms with Gasteiger partial charge in [-0.25, -0.2) is 0 Å². The molecule has 1 aliphatic rings. The molecule has 1 saturated heterocycles. The van der Waals surface area contributed by atoms with Crippen LogP contribution in [0.4, 0.5) is 0 Å². The molecule has 0 aromatic heterocycles. The quantitative estimate of drug-likeness (QED) is 0.867. The molecule has 1 amide bonds. The Balaban J connectivity index is 2.17. The number of hydrogen-bond acceptors (Lipinski definition) is 2. The highest BCUT2D eigenvalue weighted by molar-refractivity contribution is 9.10. The van der Waals surface area contributed by atoms with Crippen molar-refractivity contribution in [2.24, 2.45) is 0 Å². The predicted octanol–water partition coefficient (Wildman–Crippen LogP) is 3.08. The monoisotopic (exact) mass is 357 g/mol. The fraction of sp³-hybridized carbons (Fsp3) is 0.176. The van der Waals surface area contributed by atoms with Crippen molar-refractivity contribution in [1.29, 1.82) is 5.41 Å². The molecule has 0 saturated carbocycles. The number of nitrogens with zero attached hydrogens (tertiary/aromatic N) is 1. The van der Waals surface area contributed by atoms with Crippen molar-refractivity contribution in [3.8, 4) is 0 Å². The summed E-state index contributed by atoms with van der Waals surface area (Å²) in [6, 6.07) is 17.9. The summed E-state index contributed by atoms with van der Waals surface area (Å²) in [4.78, 5) is 13.3. The molecule has 22 heavy (non-hydrogen) atoms. The van der Waals surface area contributed by atoms with E-state index in [2.05, 4.69) is 21.2 Å². The smallest absolute Gasteiger partial charge is 0.226 e. The largest absolute Gasteiger partial charge is 0.341 e. The van der Waals surface area contributed by atoms with Gasteiger partial charge < -0.3 is 5.32 Å². The number of hydrogen-bond donors (Lipinski definition) is 2. The minimum Gasteiger partial charge on any atom is -0.341 e. The van der Waals surface area contributed by atoms with E-state index in [1.807, 2.05) is 54.6 Å². The van der Waals surface area contributed by atoms with E-state index < -0.39 is 5.54 Å². The fourth-order valence-corrected chi connectivity index (χ4v) is 3.26.